The van der Waals surface area contributed by atoms with Crippen LogP contribution in [0.15, 0.2) is 54.6 Å². The molecular formula is C20H20F3NO. The number of alkyl halides is 3. The van der Waals surface area contributed by atoms with Crippen LogP contribution in [-0.4, -0.2) is 5.91 Å². The molecule has 0 unspecified atom stereocenters. The quantitative estimate of drug-likeness (QED) is 0.667. The van der Waals surface area contributed by atoms with Crippen molar-refractivity contribution >= 4 is 17.7 Å². The SMILES string of the molecule is CCCCc1ccc(NC(=O)/C=C/c2cccc(C(F)(F)F)c2)cc1. The Morgan fingerprint density at radius 3 is 2.48 bits per heavy atom. The van der Waals surface area contributed by atoms with Crippen LogP contribution in [0.3, 0.4) is 0 Å². The van der Waals surface area contributed by atoms with Crippen molar-refractivity contribution in [3.63, 3.8) is 0 Å². The van der Waals surface area contributed by atoms with Crippen molar-refractivity contribution in [2.75, 3.05) is 5.32 Å². The molecule has 25 heavy (non-hydrogen) atoms. The van der Waals surface area contributed by atoms with Gasteiger partial charge in [-0.15, -0.1) is 0 Å². The monoisotopic (exact) mass is 347 g/mol. The third kappa shape index (κ3) is 6.10. The predicted octanol–water partition coefficient (Wildman–Crippen LogP) is 5.70. The molecule has 0 aliphatic heterocycles. The van der Waals surface area contributed by atoms with Crippen LogP contribution in [-0.2, 0) is 17.4 Å². The van der Waals surface area contributed by atoms with Gasteiger partial charge in [0.05, 0.1) is 5.56 Å². The Bertz CT molecular complexity index is 733. The fourth-order valence-corrected chi connectivity index (χ4v) is 2.31. The van der Waals surface area contributed by atoms with Crippen LogP contribution < -0.4 is 5.32 Å². The average Bonchev–Trinajstić information content (AvgIpc) is 2.59. The maximum Gasteiger partial charge on any atom is 0.416 e. The lowest BCUT2D eigenvalue weighted by molar-refractivity contribution is -0.137. The average molecular weight is 347 g/mol. The zero-order valence-corrected chi connectivity index (χ0v) is 13.9. The summed E-state index contributed by atoms with van der Waals surface area (Å²) in [5.74, 6) is -0.390. The molecule has 1 amide bonds. The molecule has 2 nitrogen and oxygen atoms in total. The second-order valence-corrected chi connectivity index (χ2v) is 5.75. The number of unbranched alkanes of at least 4 members (excludes halogenated alkanes) is 1. The van der Waals surface area contributed by atoms with E-state index in [1.165, 1.54) is 29.8 Å². The molecule has 2 aromatic rings. The van der Waals surface area contributed by atoms with E-state index in [4.69, 9.17) is 0 Å². The van der Waals surface area contributed by atoms with Gasteiger partial charge < -0.3 is 5.32 Å². The van der Waals surface area contributed by atoms with Gasteiger partial charge in [0.25, 0.3) is 0 Å². The minimum Gasteiger partial charge on any atom is -0.323 e. The molecule has 0 bridgehead atoms. The Hall–Kier alpha value is -2.56. The van der Waals surface area contributed by atoms with E-state index in [2.05, 4.69) is 12.2 Å². The normalized spacial score (nSPS) is 11.7. The van der Waals surface area contributed by atoms with Gasteiger partial charge in [-0.25, -0.2) is 0 Å². The Morgan fingerprint density at radius 1 is 1.12 bits per heavy atom. The van der Waals surface area contributed by atoms with E-state index in [9.17, 15) is 18.0 Å². The summed E-state index contributed by atoms with van der Waals surface area (Å²) >= 11 is 0. The van der Waals surface area contributed by atoms with Gasteiger partial charge in [0.2, 0.25) is 5.91 Å². The summed E-state index contributed by atoms with van der Waals surface area (Å²) in [6, 6.07) is 12.4. The highest BCUT2D eigenvalue weighted by atomic mass is 19.4. The number of amides is 1. The molecule has 0 fully saturated rings. The van der Waals surface area contributed by atoms with Crippen molar-refractivity contribution in [1.29, 1.82) is 0 Å². The van der Waals surface area contributed by atoms with Crippen molar-refractivity contribution in [3.8, 4) is 0 Å². The molecule has 0 aromatic heterocycles. The number of nitrogens with one attached hydrogen (secondary N) is 1. The molecule has 0 aliphatic rings. The third-order valence-corrected chi connectivity index (χ3v) is 3.68. The molecule has 0 spiro atoms. The lowest BCUT2D eigenvalue weighted by Gasteiger charge is -2.07. The molecule has 0 aliphatic carbocycles. The zero-order chi connectivity index (χ0) is 18.3. The molecule has 2 rings (SSSR count). The first-order valence-corrected chi connectivity index (χ1v) is 8.14. The largest absolute Gasteiger partial charge is 0.416 e. The van der Waals surface area contributed by atoms with E-state index in [1.54, 1.807) is 0 Å². The van der Waals surface area contributed by atoms with Crippen LogP contribution >= 0.6 is 0 Å². The lowest BCUT2D eigenvalue weighted by Crippen LogP contribution is -2.07. The smallest absolute Gasteiger partial charge is 0.323 e. The Morgan fingerprint density at radius 2 is 1.84 bits per heavy atom. The van der Waals surface area contributed by atoms with E-state index in [0.29, 0.717) is 11.3 Å². The van der Waals surface area contributed by atoms with E-state index in [1.807, 2.05) is 24.3 Å². The number of benzene rings is 2. The topological polar surface area (TPSA) is 29.1 Å². The highest BCUT2D eigenvalue weighted by molar-refractivity contribution is 6.01. The Balaban J connectivity index is 1.97. The van der Waals surface area contributed by atoms with Crippen LogP contribution in [0.5, 0.6) is 0 Å². The van der Waals surface area contributed by atoms with Crippen LogP contribution in [0.4, 0.5) is 18.9 Å². The number of carbonyl (C=O) groups is 1. The van der Waals surface area contributed by atoms with Crippen LogP contribution in [0.2, 0.25) is 0 Å². The molecule has 0 saturated carbocycles. The van der Waals surface area contributed by atoms with Gasteiger partial charge in [0.15, 0.2) is 0 Å². The number of aryl methyl sites for hydroxylation is 1. The molecular weight excluding hydrogens is 327 g/mol. The number of halogens is 3. The summed E-state index contributed by atoms with van der Waals surface area (Å²) < 4.78 is 38.0. The summed E-state index contributed by atoms with van der Waals surface area (Å²) in [6.45, 7) is 2.13. The van der Waals surface area contributed by atoms with Gasteiger partial charge in [-0.3, -0.25) is 4.79 Å². The third-order valence-electron chi connectivity index (χ3n) is 3.68. The van der Waals surface area contributed by atoms with E-state index >= 15 is 0 Å². The van der Waals surface area contributed by atoms with Gasteiger partial charge in [-0.1, -0.05) is 37.6 Å². The van der Waals surface area contributed by atoms with Crippen LogP contribution in [0.1, 0.15) is 36.5 Å². The minimum atomic E-state index is -4.40. The summed E-state index contributed by atoms with van der Waals surface area (Å²) in [7, 11) is 0. The van der Waals surface area contributed by atoms with Gasteiger partial charge in [-0.2, -0.15) is 13.2 Å². The maximum absolute atomic E-state index is 12.7. The van der Waals surface area contributed by atoms with Gasteiger partial charge >= 0.3 is 6.18 Å². The fraction of sp³-hybridized carbons (Fsp3) is 0.250. The summed E-state index contributed by atoms with van der Waals surface area (Å²) in [6.07, 6.45) is 1.43. The summed E-state index contributed by atoms with van der Waals surface area (Å²) in [5.41, 5.74) is 1.44. The lowest BCUT2D eigenvalue weighted by atomic mass is 10.1. The molecule has 0 saturated heterocycles. The second kappa shape index (κ2) is 8.51. The molecule has 132 valence electrons. The number of anilines is 1. The predicted molar refractivity (Wildman–Crippen MR) is 94.2 cm³/mol. The van der Waals surface area contributed by atoms with Crippen molar-refractivity contribution in [2.45, 2.75) is 32.4 Å². The first-order valence-electron chi connectivity index (χ1n) is 8.14. The molecule has 2 aromatic carbocycles. The standard InChI is InChI=1S/C20H20F3NO/c1-2-3-5-15-8-11-18(12-9-15)24-19(25)13-10-16-6-4-7-17(14-16)20(21,22)23/h4,6-14H,2-3,5H2,1H3,(H,24,25)/b13-10+. The Kier molecular flexibility index (Phi) is 6.39. The number of rotatable bonds is 6. The first-order chi connectivity index (χ1) is 11.9. The van der Waals surface area contributed by atoms with Crippen molar-refractivity contribution < 1.29 is 18.0 Å². The van der Waals surface area contributed by atoms with Gasteiger partial charge in [0, 0.05) is 11.8 Å². The number of hydrogen-bond donors (Lipinski definition) is 1. The molecule has 0 radical (unpaired) electrons. The van der Waals surface area contributed by atoms with E-state index in [0.717, 1.165) is 31.4 Å². The highest BCUT2D eigenvalue weighted by Crippen LogP contribution is 2.29. The number of carbonyl (C=O) groups excluding carboxylic acids is 1. The highest BCUT2D eigenvalue weighted by Gasteiger charge is 2.30. The molecule has 5 heteroatoms. The summed E-state index contributed by atoms with van der Waals surface area (Å²) in [4.78, 5) is 11.9. The Labute approximate surface area is 145 Å². The van der Waals surface area contributed by atoms with Crippen molar-refractivity contribution in [2.24, 2.45) is 0 Å². The van der Waals surface area contributed by atoms with Crippen LogP contribution in [0, 0.1) is 0 Å². The summed E-state index contributed by atoms with van der Waals surface area (Å²) in [5, 5.41) is 2.69. The van der Waals surface area contributed by atoms with Crippen LogP contribution in [0.25, 0.3) is 6.08 Å². The number of hydrogen-bond acceptors (Lipinski definition) is 1. The zero-order valence-electron chi connectivity index (χ0n) is 13.9. The van der Waals surface area contributed by atoms with Gasteiger partial charge in [0.1, 0.15) is 0 Å². The van der Waals surface area contributed by atoms with E-state index in [-0.39, 0.29) is 0 Å². The fourth-order valence-electron chi connectivity index (χ4n) is 2.31. The minimum absolute atomic E-state index is 0.319. The molecule has 0 heterocycles. The van der Waals surface area contributed by atoms with Crippen molar-refractivity contribution in [1.82, 2.24) is 0 Å². The maximum atomic E-state index is 12.7. The molecule has 0 atom stereocenters. The molecule has 1 N–H and O–H groups in total. The van der Waals surface area contributed by atoms with Crippen molar-refractivity contribution in [3.05, 3.63) is 71.3 Å². The first kappa shape index (κ1) is 18.8. The second-order valence-electron chi connectivity index (χ2n) is 5.75. The van der Waals surface area contributed by atoms with Gasteiger partial charge in [-0.05, 0) is 54.3 Å². The van der Waals surface area contributed by atoms with E-state index < -0.39 is 17.6 Å².